The minimum absolute atomic E-state index is 0.345. The summed E-state index contributed by atoms with van der Waals surface area (Å²) >= 11 is 9.18. The van der Waals surface area contributed by atoms with Crippen LogP contribution in [0.25, 0.3) is 20.3 Å². The number of carbonyl (C=O) groups excluding carboxylic acids is 1. The van der Waals surface area contributed by atoms with E-state index in [9.17, 15) is 4.79 Å². The van der Waals surface area contributed by atoms with Crippen molar-refractivity contribution in [1.82, 2.24) is 4.57 Å². The Labute approximate surface area is 168 Å². The van der Waals surface area contributed by atoms with Gasteiger partial charge in [0.1, 0.15) is 4.88 Å². The van der Waals surface area contributed by atoms with Crippen molar-refractivity contribution >= 4 is 60.5 Å². The molecule has 27 heavy (non-hydrogen) atoms. The van der Waals surface area contributed by atoms with Crippen LogP contribution in [0.4, 0.5) is 0 Å². The summed E-state index contributed by atoms with van der Waals surface area (Å²) in [6.45, 7) is 0. The summed E-state index contributed by atoms with van der Waals surface area (Å²) in [5.41, 5.74) is 0.909. The minimum atomic E-state index is -0.345. The number of nitrogens with zero attached hydrogens (tertiary/aromatic N) is 2. The number of hydrogen-bond acceptors (Lipinski definition) is 5. The van der Waals surface area contributed by atoms with Crippen LogP contribution in [0.3, 0.4) is 0 Å². The second-order valence-corrected chi connectivity index (χ2v) is 8.22. The van der Waals surface area contributed by atoms with Gasteiger partial charge in [0, 0.05) is 29.3 Å². The Hall–Kier alpha value is -2.35. The summed E-state index contributed by atoms with van der Waals surface area (Å²) in [6, 6.07) is 11.4. The van der Waals surface area contributed by atoms with E-state index in [1.807, 2.05) is 48.0 Å². The highest BCUT2D eigenvalue weighted by atomic mass is 35.5. The van der Waals surface area contributed by atoms with Crippen LogP contribution >= 0.6 is 34.3 Å². The maximum atomic E-state index is 12.8. The molecule has 0 saturated carbocycles. The van der Waals surface area contributed by atoms with E-state index < -0.39 is 0 Å². The van der Waals surface area contributed by atoms with Crippen molar-refractivity contribution in [1.29, 1.82) is 0 Å². The number of thiazole rings is 1. The van der Waals surface area contributed by atoms with Crippen LogP contribution in [-0.4, -0.2) is 24.7 Å². The first-order chi connectivity index (χ1) is 13.0. The number of ether oxygens (including phenoxy) is 2. The van der Waals surface area contributed by atoms with Gasteiger partial charge in [0.05, 0.1) is 29.5 Å². The lowest BCUT2D eigenvalue weighted by atomic mass is 10.2. The molecule has 0 radical (unpaired) electrons. The summed E-state index contributed by atoms with van der Waals surface area (Å²) < 4.78 is 14.5. The third-order valence-corrected chi connectivity index (χ3v) is 7.00. The maximum Gasteiger partial charge on any atom is 0.291 e. The molecule has 0 aliphatic rings. The summed E-state index contributed by atoms with van der Waals surface area (Å²) in [4.78, 5) is 18.1. The van der Waals surface area contributed by atoms with Crippen LogP contribution in [0.2, 0.25) is 5.02 Å². The number of fused-ring (bicyclic) bond motifs is 2. The fraction of sp³-hybridized carbons (Fsp3) is 0.158. The molecular formula is C19H15ClN2O3S2. The van der Waals surface area contributed by atoms with Crippen LogP contribution in [0.5, 0.6) is 11.5 Å². The number of methoxy groups -OCH3 is 2. The van der Waals surface area contributed by atoms with Crippen molar-refractivity contribution in [3.05, 3.63) is 51.1 Å². The zero-order valence-corrected chi connectivity index (χ0v) is 17.2. The Morgan fingerprint density at radius 1 is 1.07 bits per heavy atom. The van der Waals surface area contributed by atoms with Gasteiger partial charge in [0.25, 0.3) is 5.91 Å². The molecule has 4 rings (SSSR count). The molecule has 0 unspecified atom stereocenters. The van der Waals surface area contributed by atoms with Crippen molar-refractivity contribution in [2.24, 2.45) is 12.0 Å². The highest BCUT2D eigenvalue weighted by molar-refractivity contribution is 7.21. The van der Waals surface area contributed by atoms with Gasteiger partial charge in [-0.1, -0.05) is 41.1 Å². The number of hydrogen-bond donors (Lipinski definition) is 0. The quantitative estimate of drug-likeness (QED) is 0.477. The maximum absolute atomic E-state index is 12.8. The molecule has 138 valence electrons. The van der Waals surface area contributed by atoms with Crippen LogP contribution in [0.1, 0.15) is 9.67 Å². The summed E-state index contributed by atoms with van der Waals surface area (Å²) in [6.07, 6.45) is 0. The monoisotopic (exact) mass is 418 g/mol. The van der Waals surface area contributed by atoms with Gasteiger partial charge < -0.3 is 14.0 Å². The van der Waals surface area contributed by atoms with E-state index in [-0.39, 0.29) is 5.91 Å². The molecule has 0 bridgehead atoms. The first kappa shape index (κ1) is 18.0. The predicted molar refractivity (Wildman–Crippen MR) is 111 cm³/mol. The van der Waals surface area contributed by atoms with Crippen molar-refractivity contribution in [2.45, 2.75) is 0 Å². The second kappa shape index (κ2) is 6.99. The first-order valence-corrected chi connectivity index (χ1v) is 10.0. The van der Waals surface area contributed by atoms with Crippen molar-refractivity contribution < 1.29 is 14.3 Å². The molecule has 0 fully saturated rings. The molecule has 8 heteroatoms. The van der Waals surface area contributed by atoms with Gasteiger partial charge in [-0.25, -0.2) is 0 Å². The van der Waals surface area contributed by atoms with Crippen LogP contribution in [-0.2, 0) is 7.05 Å². The van der Waals surface area contributed by atoms with Crippen molar-refractivity contribution in [2.75, 3.05) is 14.2 Å². The van der Waals surface area contributed by atoms with Gasteiger partial charge in [-0.15, -0.1) is 11.3 Å². The number of amides is 1. The molecule has 0 spiro atoms. The Morgan fingerprint density at radius 2 is 1.78 bits per heavy atom. The van der Waals surface area contributed by atoms with Gasteiger partial charge in [-0.05, 0) is 6.07 Å². The number of benzene rings is 2. The van der Waals surface area contributed by atoms with Crippen molar-refractivity contribution in [3.63, 3.8) is 0 Å². The number of carbonyl (C=O) groups is 1. The first-order valence-electron chi connectivity index (χ1n) is 8.01. The third kappa shape index (κ3) is 3.01. The average molecular weight is 419 g/mol. The Morgan fingerprint density at radius 3 is 2.48 bits per heavy atom. The zero-order valence-electron chi connectivity index (χ0n) is 14.8. The molecule has 0 N–H and O–H groups in total. The highest BCUT2D eigenvalue weighted by Crippen LogP contribution is 2.36. The van der Waals surface area contributed by atoms with Gasteiger partial charge in [0.15, 0.2) is 16.3 Å². The number of halogens is 1. The lowest BCUT2D eigenvalue weighted by molar-refractivity contribution is 0.100. The van der Waals surface area contributed by atoms with E-state index >= 15 is 0 Å². The molecule has 0 aliphatic carbocycles. The van der Waals surface area contributed by atoms with E-state index in [0.29, 0.717) is 26.2 Å². The third-order valence-electron chi connectivity index (χ3n) is 4.24. The fourth-order valence-electron chi connectivity index (χ4n) is 2.85. The Bertz CT molecular complexity index is 1250. The standard InChI is InChI=1S/C19H15ClN2O3S2/c1-22-11-8-12(24-2)13(25-3)9-15(11)27-19(22)21-18(23)17-16(20)10-6-4-5-7-14(10)26-17/h4-9H,1-3H3. The molecule has 5 nitrogen and oxygen atoms in total. The van der Waals surface area contributed by atoms with Gasteiger partial charge >= 0.3 is 0 Å². The van der Waals surface area contributed by atoms with E-state index in [1.165, 1.54) is 22.7 Å². The van der Waals surface area contributed by atoms with Gasteiger partial charge in [-0.2, -0.15) is 4.99 Å². The van der Waals surface area contributed by atoms with E-state index in [1.54, 1.807) is 14.2 Å². The zero-order chi connectivity index (χ0) is 19.1. The minimum Gasteiger partial charge on any atom is -0.493 e. The molecular weight excluding hydrogens is 404 g/mol. The molecule has 4 aromatic rings. The molecule has 1 amide bonds. The van der Waals surface area contributed by atoms with E-state index in [0.717, 1.165) is 20.3 Å². The smallest absolute Gasteiger partial charge is 0.291 e. The Kier molecular flexibility index (Phi) is 4.67. The molecule has 2 heterocycles. The molecule has 2 aromatic heterocycles. The van der Waals surface area contributed by atoms with E-state index in [2.05, 4.69) is 4.99 Å². The van der Waals surface area contributed by atoms with E-state index in [4.69, 9.17) is 21.1 Å². The SMILES string of the molecule is COc1cc2sc(=NC(=O)c3sc4ccccc4c3Cl)n(C)c2cc1OC. The number of aryl methyl sites for hydroxylation is 1. The summed E-state index contributed by atoms with van der Waals surface area (Å²) in [7, 11) is 5.05. The average Bonchev–Trinajstić information content (AvgIpc) is 3.18. The predicted octanol–water partition coefficient (Wildman–Crippen LogP) is 4.87. The lowest BCUT2D eigenvalue weighted by Gasteiger charge is -2.07. The van der Waals surface area contributed by atoms with Crippen LogP contribution in [0, 0.1) is 0 Å². The highest BCUT2D eigenvalue weighted by Gasteiger charge is 2.17. The fourth-order valence-corrected chi connectivity index (χ4v) is 5.27. The van der Waals surface area contributed by atoms with Crippen LogP contribution < -0.4 is 14.3 Å². The second-order valence-electron chi connectivity index (χ2n) is 5.78. The normalized spacial score (nSPS) is 12.1. The Balaban J connectivity index is 1.85. The molecule has 0 aliphatic heterocycles. The number of rotatable bonds is 3. The van der Waals surface area contributed by atoms with Gasteiger partial charge in [0.2, 0.25) is 0 Å². The molecule has 0 saturated heterocycles. The van der Waals surface area contributed by atoms with Gasteiger partial charge in [-0.3, -0.25) is 4.79 Å². The molecule has 0 atom stereocenters. The number of thiophene rings is 1. The number of aromatic nitrogens is 1. The van der Waals surface area contributed by atoms with Crippen LogP contribution in [0.15, 0.2) is 41.4 Å². The molecule has 2 aromatic carbocycles. The summed E-state index contributed by atoms with van der Waals surface area (Å²) in [5, 5.41) is 1.33. The van der Waals surface area contributed by atoms with Crippen molar-refractivity contribution in [3.8, 4) is 11.5 Å². The lowest BCUT2D eigenvalue weighted by Crippen LogP contribution is -2.13. The largest absolute Gasteiger partial charge is 0.493 e. The summed E-state index contributed by atoms with van der Waals surface area (Å²) in [5.74, 6) is 0.920. The topological polar surface area (TPSA) is 52.8 Å².